The molecule has 0 saturated heterocycles. The quantitative estimate of drug-likeness (QED) is 0.551. The summed E-state index contributed by atoms with van der Waals surface area (Å²) >= 11 is 0. The summed E-state index contributed by atoms with van der Waals surface area (Å²) in [5, 5.41) is 12.4. The van der Waals surface area contributed by atoms with Crippen LogP contribution in [0.1, 0.15) is 35.7 Å². The fraction of sp³-hybridized carbons (Fsp3) is 0.273. The van der Waals surface area contributed by atoms with E-state index in [1.165, 1.54) is 4.68 Å². The number of carbonyl (C=O) groups is 1. The first kappa shape index (κ1) is 19.6. The number of carbonyl (C=O) groups excluding carboxylic acids is 1. The normalized spacial score (nSPS) is 12.3. The third-order valence-electron chi connectivity index (χ3n) is 5.19. The minimum absolute atomic E-state index is 0.243. The smallest absolute Gasteiger partial charge is 0.295 e. The molecule has 0 saturated carbocycles. The van der Waals surface area contributed by atoms with Crippen LogP contribution < -0.4 is 10.9 Å². The van der Waals surface area contributed by atoms with Gasteiger partial charge in [-0.3, -0.25) is 9.59 Å². The van der Waals surface area contributed by atoms with Crippen LogP contribution in [0.2, 0.25) is 0 Å². The fourth-order valence-corrected chi connectivity index (χ4v) is 3.50. The highest BCUT2D eigenvalue weighted by Crippen LogP contribution is 2.22. The second kappa shape index (κ2) is 7.62. The van der Waals surface area contributed by atoms with Gasteiger partial charge in [-0.05, 0) is 52.0 Å². The van der Waals surface area contributed by atoms with Crippen LogP contribution in [0, 0.1) is 20.8 Å². The monoisotopic (exact) mass is 405 g/mol. The van der Waals surface area contributed by atoms with Crippen molar-refractivity contribution in [1.29, 1.82) is 0 Å². The van der Waals surface area contributed by atoms with Crippen LogP contribution in [0.3, 0.4) is 0 Å². The molecule has 0 aliphatic heterocycles. The summed E-state index contributed by atoms with van der Waals surface area (Å²) in [6.45, 7) is 7.63. The molecule has 3 heterocycles. The Kier molecular flexibility index (Phi) is 4.99. The summed E-state index contributed by atoms with van der Waals surface area (Å²) in [7, 11) is 0. The zero-order chi connectivity index (χ0) is 21.4. The predicted molar refractivity (Wildman–Crippen MR) is 113 cm³/mol. The van der Waals surface area contributed by atoms with E-state index in [1.54, 1.807) is 30.0 Å². The number of hydrogen-bond acceptors (Lipinski definition) is 5. The van der Waals surface area contributed by atoms with E-state index in [2.05, 4.69) is 15.5 Å². The molecule has 0 bridgehead atoms. The average molecular weight is 405 g/mol. The lowest BCUT2D eigenvalue weighted by atomic mass is 10.2. The predicted octanol–water partition coefficient (Wildman–Crippen LogP) is 2.98. The molecular weight excluding hydrogens is 382 g/mol. The van der Waals surface area contributed by atoms with Gasteiger partial charge in [0.15, 0.2) is 5.52 Å². The molecule has 154 valence electrons. The van der Waals surface area contributed by atoms with Gasteiger partial charge >= 0.3 is 0 Å². The Balaban J connectivity index is 1.71. The Morgan fingerprint density at radius 1 is 1.13 bits per heavy atom. The van der Waals surface area contributed by atoms with Gasteiger partial charge in [0, 0.05) is 0 Å². The van der Waals surface area contributed by atoms with Gasteiger partial charge in [-0.2, -0.15) is 10.2 Å². The molecule has 0 unspecified atom stereocenters. The summed E-state index contributed by atoms with van der Waals surface area (Å²) in [4.78, 5) is 25.7. The second-order valence-corrected chi connectivity index (χ2v) is 7.36. The standard InChI is InChI=1S/C22H23N5O3/c1-13-7-9-17(10-8-13)26-15(3)19-14(2)24-27(22(29)20(19)25-26)16(4)21(28)23-12-18-6-5-11-30-18/h5-11,16H,12H2,1-4H3,(H,23,28)/t16-/m1/s1. The third kappa shape index (κ3) is 3.41. The molecule has 0 spiro atoms. The molecule has 0 aliphatic rings. The van der Waals surface area contributed by atoms with Crippen molar-refractivity contribution in [2.24, 2.45) is 0 Å². The topological polar surface area (TPSA) is 95.0 Å². The van der Waals surface area contributed by atoms with Crippen molar-refractivity contribution in [1.82, 2.24) is 24.9 Å². The summed E-state index contributed by atoms with van der Waals surface area (Å²) in [6, 6.07) is 10.6. The van der Waals surface area contributed by atoms with Crippen LogP contribution >= 0.6 is 0 Å². The van der Waals surface area contributed by atoms with E-state index in [9.17, 15) is 9.59 Å². The number of hydrogen-bond donors (Lipinski definition) is 1. The van der Waals surface area contributed by atoms with Gasteiger partial charge < -0.3 is 9.73 Å². The van der Waals surface area contributed by atoms with Crippen LogP contribution in [0.25, 0.3) is 16.6 Å². The Hall–Kier alpha value is -3.68. The van der Waals surface area contributed by atoms with E-state index >= 15 is 0 Å². The van der Waals surface area contributed by atoms with Crippen molar-refractivity contribution in [3.63, 3.8) is 0 Å². The number of nitrogens with one attached hydrogen (secondary N) is 1. The molecule has 4 aromatic rings. The van der Waals surface area contributed by atoms with Crippen LogP contribution in [-0.4, -0.2) is 25.5 Å². The number of aryl methyl sites for hydroxylation is 3. The molecule has 8 heteroatoms. The number of fused-ring (bicyclic) bond motifs is 1. The molecule has 1 aromatic carbocycles. The lowest BCUT2D eigenvalue weighted by Crippen LogP contribution is -2.37. The Bertz CT molecular complexity index is 1270. The summed E-state index contributed by atoms with van der Waals surface area (Å²) < 4.78 is 8.16. The van der Waals surface area contributed by atoms with Crippen LogP contribution in [0.4, 0.5) is 0 Å². The van der Waals surface area contributed by atoms with Gasteiger partial charge in [-0.15, -0.1) is 0 Å². The molecule has 1 atom stereocenters. The largest absolute Gasteiger partial charge is 0.467 e. The van der Waals surface area contributed by atoms with E-state index in [4.69, 9.17) is 4.42 Å². The number of aromatic nitrogens is 4. The molecule has 30 heavy (non-hydrogen) atoms. The first-order valence-electron chi connectivity index (χ1n) is 9.72. The molecule has 3 aromatic heterocycles. The van der Waals surface area contributed by atoms with E-state index in [-0.39, 0.29) is 12.5 Å². The van der Waals surface area contributed by atoms with E-state index in [0.717, 1.165) is 16.9 Å². The van der Waals surface area contributed by atoms with E-state index in [1.807, 2.05) is 45.0 Å². The third-order valence-corrected chi connectivity index (χ3v) is 5.19. The highest BCUT2D eigenvalue weighted by Gasteiger charge is 2.23. The Labute approximate surface area is 173 Å². The zero-order valence-electron chi connectivity index (χ0n) is 17.3. The minimum Gasteiger partial charge on any atom is -0.467 e. The average Bonchev–Trinajstić information content (AvgIpc) is 3.37. The molecule has 0 aliphatic carbocycles. The van der Waals surface area contributed by atoms with Crippen molar-refractivity contribution in [3.8, 4) is 5.69 Å². The van der Waals surface area contributed by atoms with Crippen molar-refractivity contribution in [2.45, 2.75) is 40.3 Å². The number of nitrogens with zero attached hydrogens (tertiary/aromatic N) is 4. The first-order chi connectivity index (χ1) is 14.4. The van der Waals surface area contributed by atoms with Gasteiger partial charge in [-0.1, -0.05) is 17.7 Å². The van der Waals surface area contributed by atoms with Crippen LogP contribution in [-0.2, 0) is 11.3 Å². The van der Waals surface area contributed by atoms with Crippen molar-refractivity contribution in [2.75, 3.05) is 0 Å². The molecule has 1 amide bonds. The summed E-state index contributed by atoms with van der Waals surface area (Å²) in [5.74, 6) is 0.310. The van der Waals surface area contributed by atoms with Gasteiger partial charge in [-0.25, -0.2) is 9.36 Å². The lowest BCUT2D eigenvalue weighted by molar-refractivity contribution is -0.124. The highest BCUT2D eigenvalue weighted by molar-refractivity contribution is 5.84. The number of benzene rings is 1. The summed E-state index contributed by atoms with van der Waals surface area (Å²) in [5.41, 5.74) is 3.38. The zero-order valence-corrected chi connectivity index (χ0v) is 17.3. The van der Waals surface area contributed by atoms with Gasteiger partial charge in [0.05, 0.1) is 35.3 Å². The maximum Gasteiger partial charge on any atom is 0.295 e. The molecule has 8 nitrogen and oxygen atoms in total. The molecule has 4 rings (SSSR count). The van der Waals surface area contributed by atoms with Crippen LogP contribution in [0.5, 0.6) is 0 Å². The van der Waals surface area contributed by atoms with Crippen molar-refractivity contribution in [3.05, 3.63) is 75.7 Å². The lowest BCUT2D eigenvalue weighted by Gasteiger charge is -2.14. The van der Waals surface area contributed by atoms with Gasteiger partial charge in [0.2, 0.25) is 5.91 Å². The number of rotatable bonds is 5. The van der Waals surface area contributed by atoms with E-state index < -0.39 is 11.6 Å². The van der Waals surface area contributed by atoms with Crippen molar-refractivity contribution < 1.29 is 9.21 Å². The van der Waals surface area contributed by atoms with Gasteiger partial charge in [0.25, 0.3) is 5.56 Å². The van der Waals surface area contributed by atoms with Crippen molar-refractivity contribution >= 4 is 16.8 Å². The Morgan fingerprint density at radius 2 is 1.87 bits per heavy atom. The highest BCUT2D eigenvalue weighted by atomic mass is 16.3. The SMILES string of the molecule is Cc1ccc(-n2nc3c(=O)n([C@H](C)C(=O)NCc4ccco4)nc(C)c3c2C)cc1. The maximum atomic E-state index is 13.1. The van der Waals surface area contributed by atoms with Gasteiger partial charge in [0.1, 0.15) is 11.8 Å². The maximum absolute atomic E-state index is 13.1. The second-order valence-electron chi connectivity index (χ2n) is 7.36. The van der Waals surface area contributed by atoms with E-state index in [0.29, 0.717) is 22.4 Å². The number of furan rings is 1. The fourth-order valence-electron chi connectivity index (χ4n) is 3.50. The first-order valence-corrected chi connectivity index (χ1v) is 9.72. The summed E-state index contributed by atoms with van der Waals surface area (Å²) in [6.07, 6.45) is 1.54. The number of amides is 1. The molecule has 1 N–H and O–H groups in total. The minimum atomic E-state index is -0.791. The Morgan fingerprint density at radius 3 is 2.53 bits per heavy atom. The molecular formula is C22H23N5O3. The molecule has 0 radical (unpaired) electrons. The van der Waals surface area contributed by atoms with Crippen LogP contribution in [0.15, 0.2) is 51.9 Å². The molecule has 0 fully saturated rings.